The molecule has 13 heavy (non-hydrogen) atoms. The Morgan fingerprint density at radius 1 is 1.46 bits per heavy atom. The molecule has 74 valence electrons. The summed E-state index contributed by atoms with van der Waals surface area (Å²) >= 11 is 0. The van der Waals surface area contributed by atoms with Crippen LogP contribution in [0, 0.1) is 0 Å². The van der Waals surface area contributed by atoms with Crippen molar-refractivity contribution < 1.29 is 14.3 Å². The normalized spacial score (nSPS) is 15.2. The van der Waals surface area contributed by atoms with E-state index in [1.807, 2.05) is 0 Å². The van der Waals surface area contributed by atoms with Gasteiger partial charge in [-0.15, -0.1) is 0 Å². The summed E-state index contributed by atoms with van der Waals surface area (Å²) < 4.78 is 4.50. The van der Waals surface area contributed by atoms with E-state index in [0.717, 1.165) is 12.8 Å². The Hall–Kier alpha value is -1.06. The third kappa shape index (κ3) is 3.05. The number of methoxy groups -OCH3 is 1. The molecule has 1 amide bonds. The summed E-state index contributed by atoms with van der Waals surface area (Å²) in [5, 5.41) is 0. The third-order valence-corrected chi connectivity index (χ3v) is 2.18. The highest BCUT2D eigenvalue weighted by atomic mass is 16.5. The highest BCUT2D eigenvalue weighted by Gasteiger charge is 2.30. The lowest BCUT2D eigenvalue weighted by atomic mass is 10.3. The Morgan fingerprint density at radius 3 is 2.46 bits per heavy atom. The summed E-state index contributed by atoms with van der Waals surface area (Å²) in [6, 6.07) is 0.377. The molecule has 0 aliphatic heterocycles. The first-order valence-electron chi connectivity index (χ1n) is 4.49. The molecule has 0 saturated heterocycles. The van der Waals surface area contributed by atoms with Crippen molar-refractivity contribution in [2.45, 2.75) is 32.2 Å². The molecule has 0 bridgehead atoms. The Kier molecular flexibility index (Phi) is 3.28. The van der Waals surface area contributed by atoms with E-state index in [9.17, 15) is 9.59 Å². The quantitative estimate of drug-likeness (QED) is 0.601. The maximum Gasteiger partial charge on any atom is 0.307 e. The molecule has 0 radical (unpaired) electrons. The summed E-state index contributed by atoms with van der Waals surface area (Å²) in [5.41, 5.74) is 0. The number of esters is 1. The number of nitrogens with zero attached hydrogens (tertiary/aromatic N) is 1. The fourth-order valence-corrected chi connectivity index (χ4v) is 1.30. The number of amides is 1. The Balaban J connectivity index is 2.30. The lowest BCUT2D eigenvalue weighted by molar-refractivity contribution is -0.141. The molecule has 1 aliphatic rings. The Labute approximate surface area is 77.8 Å². The van der Waals surface area contributed by atoms with E-state index < -0.39 is 0 Å². The van der Waals surface area contributed by atoms with Gasteiger partial charge in [-0.1, -0.05) is 0 Å². The SMILES string of the molecule is COC(=O)CCN(C(C)=O)C1CC1. The number of rotatable bonds is 4. The zero-order valence-corrected chi connectivity index (χ0v) is 8.08. The van der Waals surface area contributed by atoms with Crippen molar-refractivity contribution in [2.24, 2.45) is 0 Å². The van der Waals surface area contributed by atoms with Crippen LogP contribution >= 0.6 is 0 Å². The largest absolute Gasteiger partial charge is 0.469 e. The molecule has 1 rings (SSSR count). The second-order valence-corrected chi connectivity index (χ2v) is 3.27. The van der Waals surface area contributed by atoms with Crippen molar-refractivity contribution in [3.8, 4) is 0 Å². The van der Waals surface area contributed by atoms with Gasteiger partial charge in [-0.05, 0) is 12.8 Å². The topological polar surface area (TPSA) is 46.6 Å². The molecule has 4 heteroatoms. The number of carbonyl (C=O) groups excluding carboxylic acids is 2. The zero-order chi connectivity index (χ0) is 9.84. The molecule has 4 nitrogen and oxygen atoms in total. The standard InChI is InChI=1S/C9H15NO3/c1-7(11)10(8-3-4-8)6-5-9(12)13-2/h8H,3-6H2,1-2H3. The van der Waals surface area contributed by atoms with E-state index in [1.165, 1.54) is 14.0 Å². The molecule has 0 spiro atoms. The summed E-state index contributed by atoms with van der Waals surface area (Å²) in [7, 11) is 1.36. The van der Waals surface area contributed by atoms with Gasteiger partial charge in [0, 0.05) is 19.5 Å². The molecule has 0 unspecified atom stereocenters. The van der Waals surface area contributed by atoms with Crippen molar-refractivity contribution in [1.29, 1.82) is 0 Å². The summed E-state index contributed by atoms with van der Waals surface area (Å²) in [5.74, 6) is -0.210. The molecule has 0 aromatic carbocycles. The van der Waals surface area contributed by atoms with Gasteiger partial charge in [0.25, 0.3) is 0 Å². The molecule has 1 fully saturated rings. The van der Waals surface area contributed by atoms with Gasteiger partial charge in [-0.3, -0.25) is 9.59 Å². The van der Waals surface area contributed by atoms with E-state index >= 15 is 0 Å². The predicted octanol–water partition coefficient (Wildman–Crippen LogP) is 0.560. The van der Waals surface area contributed by atoms with Gasteiger partial charge in [0.05, 0.1) is 13.5 Å². The van der Waals surface area contributed by atoms with Gasteiger partial charge in [-0.2, -0.15) is 0 Å². The maximum atomic E-state index is 11.1. The van der Waals surface area contributed by atoms with Crippen LogP contribution in [0.15, 0.2) is 0 Å². The first-order chi connectivity index (χ1) is 6.15. The van der Waals surface area contributed by atoms with Crippen LogP contribution in [0.25, 0.3) is 0 Å². The summed E-state index contributed by atoms with van der Waals surface area (Å²) in [6.45, 7) is 2.03. The van der Waals surface area contributed by atoms with Crippen molar-refractivity contribution in [1.82, 2.24) is 4.90 Å². The van der Waals surface area contributed by atoms with Crippen LogP contribution in [0.5, 0.6) is 0 Å². The van der Waals surface area contributed by atoms with Crippen molar-refractivity contribution >= 4 is 11.9 Å². The summed E-state index contributed by atoms with van der Waals surface area (Å²) in [6.07, 6.45) is 2.44. The average Bonchev–Trinajstić information content (AvgIpc) is 2.87. The minimum atomic E-state index is -0.257. The fraction of sp³-hybridized carbons (Fsp3) is 0.778. The van der Waals surface area contributed by atoms with Crippen molar-refractivity contribution in [3.05, 3.63) is 0 Å². The van der Waals surface area contributed by atoms with E-state index in [4.69, 9.17) is 0 Å². The van der Waals surface area contributed by atoms with Crippen LogP contribution in [0.2, 0.25) is 0 Å². The van der Waals surface area contributed by atoms with Crippen LogP contribution in [0.3, 0.4) is 0 Å². The first kappa shape index (κ1) is 10.0. The van der Waals surface area contributed by atoms with Gasteiger partial charge in [0.15, 0.2) is 0 Å². The fourth-order valence-electron chi connectivity index (χ4n) is 1.30. The van der Waals surface area contributed by atoms with Crippen LogP contribution < -0.4 is 0 Å². The Bertz CT molecular complexity index is 211. The van der Waals surface area contributed by atoms with E-state index in [2.05, 4.69) is 4.74 Å². The number of ether oxygens (including phenoxy) is 1. The molecule has 0 heterocycles. The van der Waals surface area contributed by atoms with E-state index in [1.54, 1.807) is 4.90 Å². The number of hydrogen-bond donors (Lipinski definition) is 0. The highest BCUT2D eigenvalue weighted by molar-refractivity contribution is 5.75. The summed E-state index contributed by atoms with van der Waals surface area (Å²) in [4.78, 5) is 23.7. The van der Waals surface area contributed by atoms with Gasteiger partial charge in [-0.25, -0.2) is 0 Å². The van der Waals surface area contributed by atoms with Crippen LogP contribution in [0.1, 0.15) is 26.2 Å². The molecular formula is C9H15NO3. The van der Waals surface area contributed by atoms with Gasteiger partial charge >= 0.3 is 5.97 Å². The first-order valence-corrected chi connectivity index (χ1v) is 4.49. The number of carbonyl (C=O) groups is 2. The molecule has 1 aliphatic carbocycles. The lowest BCUT2D eigenvalue weighted by Gasteiger charge is -2.19. The number of hydrogen-bond acceptors (Lipinski definition) is 3. The zero-order valence-electron chi connectivity index (χ0n) is 8.08. The molecule has 0 aromatic heterocycles. The van der Waals surface area contributed by atoms with Crippen LogP contribution in [-0.4, -0.2) is 36.5 Å². The average molecular weight is 185 g/mol. The smallest absolute Gasteiger partial charge is 0.307 e. The van der Waals surface area contributed by atoms with Crippen molar-refractivity contribution in [2.75, 3.05) is 13.7 Å². The lowest BCUT2D eigenvalue weighted by Crippen LogP contribution is -2.33. The molecule has 1 saturated carbocycles. The van der Waals surface area contributed by atoms with Crippen LogP contribution in [0.4, 0.5) is 0 Å². The molecule has 0 aromatic rings. The Morgan fingerprint density at radius 2 is 2.08 bits per heavy atom. The van der Waals surface area contributed by atoms with Crippen LogP contribution in [-0.2, 0) is 14.3 Å². The second kappa shape index (κ2) is 4.25. The van der Waals surface area contributed by atoms with Gasteiger partial charge < -0.3 is 9.64 Å². The van der Waals surface area contributed by atoms with Gasteiger partial charge in [0.1, 0.15) is 0 Å². The van der Waals surface area contributed by atoms with E-state index in [0.29, 0.717) is 19.0 Å². The predicted molar refractivity (Wildman–Crippen MR) is 47.0 cm³/mol. The molecule has 0 N–H and O–H groups in total. The van der Waals surface area contributed by atoms with Crippen molar-refractivity contribution in [3.63, 3.8) is 0 Å². The van der Waals surface area contributed by atoms with Gasteiger partial charge in [0.2, 0.25) is 5.91 Å². The minimum Gasteiger partial charge on any atom is -0.469 e. The highest BCUT2D eigenvalue weighted by Crippen LogP contribution is 2.26. The minimum absolute atomic E-state index is 0.0476. The molecular weight excluding hydrogens is 170 g/mol. The monoisotopic (exact) mass is 185 g/mol. The van der Waals surface area contributed by atoms with E-state index in [-0.39, 0.29) is 11.9 Å². The second-order valence-electron chi connectivity index (χ2n) is 3.27. The third-order valence-electron chi connectivity index (χ3n) is 2.18. The maximum absolute atomic E-state index is 11.1. The molecule has 0 atom stereocenters.